The number of pyridine rings is 1. The van der Waals surface area contributed by atoms with Gasteiger partial charge in [-0.25, -0.2) is 0 Å². The smallest absolute Gasteiger partial charge is 0.0709 e. The molecule has 1 aromatic heterocycles. The number of nitrogens with two attached hydrogens (primary N) is 1. The molecule has 2 aromatic rings. The van der Waals surface area contributed by atoms with E-state index in [0.717, 1.165) is 16.9 Å². The minimum Gasteiger partial charge on any atom is -0.399 e. The van der Waals surface area contributed by atoms with Crippen LogP contribution >= 0.6 is 0 Å². The molecule has 0 atom stereocenters. The molecule has 2 nitrogen and oxygen atoms in total. The molecule has 0 spiro atoms. The van der Waals surface area contributed by atoms with Crippen molar-refractivity contribution < 1.29 is 0 Å². The highest BCUT2D eigenvalue weighted by atomic mass is 14.7. The third kappa shape index (κ3) is 1.80. The third-order valence-corrected chi connectivity index (χ3v) is 2.61. The summed E-state index contributed by atoms with van der Waals surface area (Å²) in [7, 11) is 0. The third-order valence-electron chi connectivity index (χ3n) is 2.61. The minimum atomic E-state index is 0.496. The Bertz CT molecular complexity index is 501. The van der Waals surface area contributed by atoms with Gasteiger partial charge in [0.2, 0.25) is 0 Å². The zero-order valence-electron chi connectivity index (χ0n) is 9.41. The van der Waals surface area contributed by atoms with E-state index in [1.807, 2.05) is 25.1 Å². The van der Waals surface area contributed by atoms with Crippen LogP contribution in [0.4, 0.5) is 5.69 Å². The molecule has 0 saturated carbocycles. The second-order valence-electron chi connectivity index (χ2n) is 4.28. The number of aryl methyl sites for hydroxylation is 1. The zero-order valence-corrected chi connectivity index (χ0v) is 9.41. The van der Waals surface area contributed by atoms with E-state index in [2.05, 4.69) is 24.9 Å². The van der Waals surface area contributed by atoms with E-state index in [1.54, 1.807) is 0 Å². The van der Waals surface area contributed by atoms with Crippen LogP contribution in [0, 0.1) is 6.92 Å². The highest BCUT2D eigenvalue weighted by molar-refractivity contribution is 5.85. The van der Waals surface area contributed by atoms with Gasteiger partial charge in [0.05, 0.1) is 5.52 Å². The maximum absolute atomic E-state index is 5.80. The van der Waals surface area contributed by atoms with Crippen LogP contribution in [0.5, 0.6) is 0 Å². The molecule has 0 bridgehead atoms. The predicted octanol–water partition coefficient (Wildman–Crippen LogP) is 3.25. The fourth-order valence-corrected chi connectivity index (χ4v) is 1.89. The number of fused-ring (bicyclic) bond motifs is 1. The van der Waals surface area contributed by atoms with Gasteiger partial charge in [0.15, 0.2) is 0 Å². The summed E-state index contributed by atoms with van der Waals surface area (Å²) < 4.78 is 0. The van der Waals surface area contributed by atoms with Gasteiger partial charge < -0.3 is 5.73 Å². The normalized spacial score (nSPS) is 11.2. The number of hydrogen-bond donors (Lipinski definition) is 1. The number of rotatable bonds is 1. The fourth-order valence-electron chi connectivity index (χ4n) is 1.89. The Balaban J connectivity index is 2.81. The molecule has 15 heavy (non-hydrogen) atoms. The van der Waals surface area contributed by atoms with Crippen molar-refractivity contribution >= 4 is 16.6 Å². The summed E-state index contributed by atoms with van der Waals surface area (Å²) in [6.45, 7) is 6.41. The van der Waals surface area contributed by atoms with Gasteiger partial charge in [-0.15, -0.1) is 0 Å². The highest BCUT2D eigenvalue weighted by Crippen LogP contribution is 2.26. The molecule has 0 fully saturated rings. The lowest BCUT2D eigenvalue weighted by Gasteiger charge is -2.11. The SMILES string of the molecule is Cc1cc(C(C)C)c2cc(N)ccc2n1. The van der Waals surface area contributed by atoms with Gasteiger partial charge in [-0.1, -0.05) is 13.8 Å². The highest BCUT2D eigenvalue weighted by Gasteiger charge is 2.07. The molecule has 0 aliphatic heterocycles. The Hall–Kier alpha value is -1.57. The van der Waals surface area contributed by atoms with Crippen LogP contribution in [0.15, 0.2) is 24.3 Å². The van der Waals surface area contributed by atoms with E-state index in [0.29, 0.717) is 5.92 Å². The summed E-state index contributed by atoms with van der Waals surface area (Å²) >= 11 is 0. The molecule has 78 valence electrons. The molecule has 0 aliphatic carbocycles. The summed E-state index contributed by atoms with van der Waals surface area (Å²) in [6.07, 6.45) is 0. The van der Waals surface area contributed by atoms with Crippen molar-refractivity contribution in [2.45, 2.75) is 26.7 Å². The fraction of sp³-hybridized carbons (Fsp3) is 0.308. The molecular formula is C13H16N2. The first-order valence-electron chi connectivity index (χ1n) is 5.24. The Morgan fingerprint density at radius 2 is 1.93 bits per heavy atom. The summed E-state index contributed by atoms with van der Waals surface area (Å²) in [4.78, 5) is 4.50. The number of benzene rings is 1. The predicted molar refractivity (Wildman–Crippen MR) is 65.0 cm³/mol. The number of nitrogen functional groups attached to an aromatic ring is 1. The lowest BCUT2D eigenvalue weighted by molar-refractivity contribution is 0.871. The summed E-state index contributed by atoms with van der Waals surface area (Å²) in [6, 6.07) is 8.05. The summed E-state index contributed by atoms with van der Waals surface area (Å²) in [5, 5.41) is 1.18. The van der Waals surface area contributed by atoms with E-state index in [1.165, 1.54) is 10.9 Å². The van der Waals surface area contributed by atoms with Crippen LogP contribution in [-0.2, 0) is 0 Å². The van der Waals surface area contributed by atoms with Gasteiger partial charge in [-0.05, 0) is 42.7 Å². The number of hydrogen-bond acceptors (Lipinski definition) is 2. The van der Waals surface area contributed by atoms with Gasteiger partial charge in [0.25, 0.3) is 0 Å². The first-order valence-corrected chi connectivity index (χ1v) is 5.24. The van der Waals surface area contributed by atoms with Crippen molar-refractivity contribution in [3.05, 3.63) is 35.5 Å². The van der Waals surface area contributed by atoms with Gasteiger partial charge >= 0.3 is 0 Å². The molecule has 2 rings (SSSR count). The molecule has 1 aromatic carbocycles. The molecule has 2 heteroatoms. The largest absolute Gasteiger partial charge is 0.399 e. The molecule has 2 N–H and O–H groups in total. The van der Waals surface area contributed by atoms with Crippen molar-refractivity contribution in [3.63, 3.8) is 0 Å². The first kappa shape index (κ1) is 9.97. The molecule has 0 saturated heterocycles. The van der Waals surface area contributed by atoms with Crippen LogP contribution in [0.25, 0.3) is 10.9 Å². The molecule has 0 aliphatic rings. The second kappa shape index (κ2) is 3.54. The van der Waals surface area contributed by atoms with E-state index in [4.69, 9.17) is 5.73 Å². The second-order valence-corrected chi connectivity index (χ2v) is 4.28. The summed E-state index contributed by atoms with van der Waals surface area (Å²) in [5.74, 6) is 0.496. The van der Waals surface area contributed by atoms with Gasteiger partial charge in [0.1, 0.15) is 0 Å². The van der Waals surface area contributed by atoms with Crippen LogP contribution in [0.3, 0.4) is 0 Å². The zero-order chi connectivity index (χ0) is 11.0. The van der Waals surface area contributed by atoms with Crippen LogP contribution in [-0.4, -0.2) is 4.98 Å². The Morgan fingerprint density at radius 3 is 2.60 bits per heavy atom. The van der Waals surface area contributed by atoms with Crippen molar-refractivity contribution in [3.8, 4) is 0 Å². The van der Waals surface area contributed by atoms with Crippen molar-refractivity contribution in [2.75, 3.05) is 5.73 Å². The van der Waals surface area contributed by atoms with Gasteiger partial charge in [-0.3, -0.25) is 4.98 Å². The van der Waals surface area contributed by atoms with E-state index in [9.17, 15) is 0 Å². The minimum absolute atomic E-state index is 0.496. The number of aromatic nitrogens is 1. The standard InChI is InChI=1S/C13H16N2/c1-8(2)11-6-9(3)15-13-5-4-10(14)7-12(11)13/h4-8H,14H2,1-3H3. The lowest BCUT2D eigenvalue weighted by atomic mass is 9.98. The van der Waals surface area contributed by atoms with E-state index < -0.39 is 0 Å². The Morgan fingerprint density at radius 1 is 1.20 bits per heavy atom. The maximum Gasteiger partial charge on any atom is 0.0709 e. The van der Waals surface area contributed by atoms with Crippen LogP contribution < -0.4 is 5.73 Å². The lowest BCUT2D eigenvalue weighted by Crippen LogP contribution is -1.95. The molecule has 0 radical (unpaired) electrons. The monoisotopic (exact) mass is 200 g/mol. The first-order chi connectivity index (χ1) is 7.08. The van der Waals surface area contributed by atoms with Crippen molar-refractivity contribution in [1.82, 2.24) is 4.98 Å². The quantitative estimate of drug-likeness (QED) is 0.718. The molecule has 0 unspecified atom stereocenters. The summed E-state index contributed by atoms with van der Waals surface area (Å²) in [5.41, 5.74) is 10.0. The Kier molecular flexibility index (Phi) is 2.35. The van der Waals surface area contributed by atoms with Gasteiger partial charge in [0, 0.05) is 16.8 Å². The van der Waals surface area contributed by atoms with Crippen LogP contribution in [0.2, 0.25) is 0 Å². The van der Waals surface area contributed by atoms with E-state index in [-0.39, 0.29) is 0 Å². The molecule has 1 heterocycles. The van der Waals surface area contributed by atoms with Crippen molar-refractivity contribution in [1.29, 1.82) is 0 Å². The average Bonchev–Trinajstić information content (AvgIpc) is 2.17. The van der Waals surface area contributed by atoms with E-state index >= 15 is 0 Å². The maximum atomic E-state index is 5.80. The van der Waals surface area contributed by atoms with Crippen molar-refractivity contribution in [2.24, 2.45) is 0 Å². The Labute approximate surface area is 90.1 Å². The van der Waals surface area contributed by atoms with Gasteiger partial charge in [-0.2, -0.15) is 0 Å². The average molecular weight is 200 g/mol. The topological polar surface area (TPSA) is 38.9 Å². The van der Waals surface area contributed by atoms with Crippen LogP contribution in [0.1, 0.15) is 31.0 Å². The number of anilines is 1. The molecular weight excluding hydrogens is 184 g/mol. The number of nitrogens with zero attached hydrogens (tertiary/aromatic N) is 1. The molecule has 0 amide bonds.